The SMILES string of the molecule is CC(C)Cc1cc(C(=O)Nc2ccc(F)c(-c3nnc4n3CCCCC4)c2)n[nH]1. The number of aromatic nitrogens is 5. The Labute approximate surface area is 168 Å². The molecule has 1 aliphatic heterocycles. The van der Waals surface area contributed by atoms with E-state index in [1.165, 1.54) is 12.1 Å². The molecule has 0 saturated carbocycles. The minimum atomic E-state index is -0.388. The zero-order valence-corrected chi connectivity index (χ0v) is 16.7. The van der Waals surface area contributed by atoms with E-state index in [2.05, 4.69) is 39.6 Å². The van der Waals surface area contributed by atoms with Crippen molar-refractivity contribution in [3.8, 4) is 11.4 Å². The van der Waals surface area contributed by atoms with Crippen LogP contribution in [0.1, 0.15) is 55.1 Å². The van der Waals surface area contributed by atoms with Crippen molar-refractivity contribution in [2.45, 2.75) is 52.5 Å². The molecule has 1 aromatic carbocycles. The molecule has 152 valence electrons. The fraction of sp³-hybridized carbons (Fsp3) is 0.429. The van der Waals surface area contributed by atoms with E-state index in [0.29, 0.717) is 28.7 Å². The van der Waals surface area contributed by atoms with Crippen LogP contribution in [0.25, 0.3) is 11.4 Å². The quantitative estimate of drug-likeness (QED) is 0.683. The van der Waals surface area contributed by atoms with Crippen molar-refractivity contribution in [3.05, 3.63) is 47.3 Å². The number of hydrogen-bond donors (Lipinski definition) is 2. The van der Waals surface area contributed by atoms with Gasteiger partial charge in [-0.05, 0) is 49.4 Å². The summed E-state index contributed by atoms with van der Waals surface area (Å²) in [4.78, 5) is 12.6. The summed E-state index contributed by atoms with van der Waals surface area (Å²) in [5, 5.41) is 18.2. The molecule has 7 nitrogen and oxygen atoms in total. The molecule has 1 aliphatic rings. The average molecular weight is 396 g/mol. The molecule has 3 heterocycles. The van der Waals surface area contributed by atoms with E-state index in [0.717, 1.165) is 50.2 Å². The van der Waals surface area contributed by atoms with Crippen molar-refractivity contribution >= 4 is 11.6 Å². The Morgan fingerprint density at radius 3 is 2.93 bits per heavy atom. The first-order valence-corrected chi connectivity index (χ1v) is 10.1. The highest BCUT2D eigenvalue weighted by Gasteiger charge is 2.20. The number of amides is 1. The van der Waals surface area contributed by atoms with Crippen LogP contribution in [0.5, 0.6) is 0 Å². The highest BCUT2D eigenvalue weighted by molar-refractivity contribution is 6.03. The highest BCUT2D eigenvalue weighted by Crippen LogP contribution is 2.27. The normalized spacial score (nSPS) is 13.9. The number of aryl methyl sites for hydroxylation is 1. The van der Waals surface area contributed by atoms with Crippen LogP contribution < -0.4 is 5.32 Å². The largest absolute Gasteiger partial charge is 0.321 e. The highest BCUT2D eigenvalue weighted by atomic mass is 19.1. The Kier molecular flexibility index (Phi) is 5.42. The average Bonchev–Trinajstić information content (AvgIpc) is 3.24. The van der Waals surface area contributed by atoms with Gasteiger partial charge < -0.3 is 9.88 Å². The molecule has 3 aromatic rings. The first-order chi connectivity index (χ1) is 14.0. The van der Waals surface area contributed by atoms with Gasteiger partial charge in [-0.3, -0.25) is 9.89 Å². The molecule has 0 bridgehead atoms. The second-order valence-corrected chi connectivity index (χ2v) is 7.93. The summed E-state index contributed by atoms with van der Waals surface area (Å²) >= 11 is 0. The third-order valence-corrected chi connectivity index (χ3v) is 5.07. The summed E-state index contributed by atoms with van der Waals surface area (Å²) < 4.78 is 16.6. The molecule has 29 heavy (non-hydrogen) atoms. The third kappa shape index (κ3) is 4.21. The molecule has 0 spiro atoms. The second kappa shape index (κ2) is 8.14. The van der Waals surface area contributed by atoms with Gasteiger partial charge >= 0.3 is 0 Å². The Morgan fingerprint density at radius 2 is 2.10 bits per heavy atom. The van der Waals surface area contributed by atoms with Crippen molar-refractivity contribution < 1.29 is 9.18 Å². The lowest BCUT2D eigenvalue weighted by atomic mass is 10.1. The number of nitrogens with one attached hydrogen (secondary N) is 2. The van der Waals surface area contributed by atoms with Gasteiger partial charge in [-0.15, -0.1) is 10.2 Å². The predicted molar refractivity (Wildman–Crippen MR) is 108 cm³/mol. The number of aromatic amines is 1. The first-order valence-electron chi connectivity index (χ1n) is 10.1. The number of hydrogen-bond acceptors (Lipinski definition) is 4. The summed E-state index contributed by atoms with van der Waals surface area (Å²) in [5.41, 5.74) is 2.05. The standard InChI is InChI=1S/C21H25FN6O/c1-13(2)10-15-12-18(25-24-15)21(29)23-14-7-8-17(22)16(11-14)20-27-26-19-6-4-3-5-9-28(19)20/h7-8,11-13H,3-6,9-10H2,1-2H3,(H,23,29)(H,24,25). The second-order valence-electron chi connectivity index (χ2n) is 7.93. The summed E-state index contributed by atoms with van der Waals surface area (Å²) in [6, 6.07) is 6.24. The first kappa shape index (κ1) is 19.3. The van der Waals surface area contributed by atoms with Crippen LogP contribution in [0, 0.1) is 11.7 Å². The zero-order chi connectivity index (χ0) is 20.4. The number of H-pyrrole nitrogens is 1. The van der Waals surface area contributed by atoms with Gasteiger partial charge in [0, 0.05) is 24.3 Å². The van der Waals surface area contributed by atoms with Crippen molar-refractivity contribution in [2.75, 3.05) is 5.32 Å². The zero-order valence-electron chi connectivity index (χ0n) is 16.7. The van der Waals surface area contributed by atoms with Crippen LogP contribution in [-0.4, -0.2) is 30.9 Å². The molecular formula is C21H25FN6O. The number of anilines is 1. The van der Waals surface area contributed by atoms with Gasteiger partial charge in [-0.25, -0.2) is 4.39 Å². The number of rotatable bonds is 5. The Bertz CT molecular complexity index is 1020. The molecule has 0 saturated heterocycles. The molecule has 0 fully saturated rings. The number of carbonyl (C=O) groups excluding carboxylic acids is 1. The molecule has 0 radical (unpaired) electrons. The molecule has 4 rings (SSSR count). The molecule has 8 heteroatoms. The van der Waals surface area contributed by atoms with Gasteiger partial charge in [0.05, 0.1) is 5.56 Å². The summed E-state index contributed by atoms with van der Waals surface area (Å²) in [6.07, 6.45) is 4.89. The Morgan fingerprint density at radius 1 is 1.24 bits per heavy atom. The molecule has 0 atom stereocenters. The van der Waals surface area contributed by atoms with E-state index in [1.54, 1.807) is 12.1 Å². The fourth-order valence-corrected chi connectivity index (χ4v) is 3.68. The maximum atomic E-state index is 14.6. The Balaban J connectivity index is 1.57. The van der Waals surface area contributed by atoms with Crippen LogP contribution >= 0.6 is 0 Å². The van der Waals surface area contributed by atoms with E-state index in [4.69, 9.17) is 0 Å². The molecular weight excluding hydrogens is 371 g/mol. The van der Waals surface area contributed by atoms with Gasteiger partial charge in [0.2, 0.25) is 0 Å². The van der Waals surface area contributed by atoms with E-state index >= 15 is 0 Å². The maximum absolute atomic E-state index is 14.6. The van der Waals surface area contributed by atoms with Crippen molar-refractivity contribution in [3.63, 3.8) is 0 Å². The fourth-order valence-electron chi connectivity index (χ4n) is 3.68. The van der Waals surface area contributed by atoms with Crippen molar-refractivity contribution in [2.24, 2.45) is 5.92 Å². The maximum Gasteiger partial charge on any atom is 0.276 e. The van der Waals surface area contributed by atoms with Crippen molar-refractivity contribution in [1.29, 1.82) is 0 Å². The summed E-state index contributed by atoms with van der Waals surface area (Å²) in [7, 11) is 0. The van der Waals surface area contributed by atoms with Gasteiger partial charge in [0.15, 0.2) is 11.5 Å². The van der Waals surface area contributed by atoms with Gasteiger partial charge in [0.25, 0.3) is 5.91 Å². The minimum absolute atomic E-state index is 0.308. The van der Waals surface area contributed by atoms with E-state index < -0.39 is 0 Å². The monoisotopic (exact) mass is 396 g/mol. The smallest absolute Gasteiger partial charge is 0.276 e. The van der Waals surface area contributed by atoms with E-state index in [-0.39, 0.29) is 11.7 Å². The molecule has 2 N–H and O–H groups in total. The van der Waals surface area contributed by atoms with Crippen LogP contribution in [0.15, 0.2) is 24.3 Å². The lowest BCUT2D eigenvalue weighted by molar-refractivity contribution is 0.102. The molecule has 2 aromatic heterocycles. The van der Waals surface area contributed by atoms with Crippen LogP contribution in [-0.2, 0) is 19.4 Å². The number of fused-ring (bicyclic) bond motifs is 1. The van der Waals surface area contributed by atoms with Crippen LogP contribution in [0.3, 0.4) is 0 Å². The van der Waals surface area contributed by atoms with Crippen LogP contribution in [0.2, 0.25) is 0 Å². The van der Waals surface area contributed by atoms with Gasteiger partial charge in [-0.2, -0.15) is 5.10 Å². The third-order valence-electron chi connectivity index (χ3n) is 5.07. The predicted octanol–water partition coefficient (Wildman–Crippen LogP) is 3.98. The summed E-state index contributed by atoms with van der Waals surface area (Å²) in [6.45, 7) is 4.98. The number of benzene rings is 1. The van der Waals surface area contributed by atoms with Crippen LogP contribution in [0.4, 0.5) is 10.1 Å². The van der Waals surface area contributed by atoms with E-state index in [9.17, 15) is 9.18 Å². The Hall–Kier alpha value is -3.03. The lowest BCUT2D eigenvalue weighted by Crippen LogP contribution is -2.13. The van der Waals surface area contributed by atoms with Crippen molar-refractivity contribution in [1.82, 2.24) is 25.0 Å². The minimum Gasteiger partial charge on any atom is -0.321 e. The van der Waals surface area contributed by atoms with Gasteiger partial charge in [0.1, 0.15) is 11.6 Å². The number of carbonyl (C=O) groups is 1. The lowest BCUT2D eigenvalue weighted by Gasteiger charge is -2.10. The molecule has 1 amide bonds. The number of halogens is 1. The molecule has 0 unspecified atom stereocenters. The number of nitrogens with zero attached hydrogens (tertiary/aromatic N) is 4. The summed E-state index contributed by atoms with van der Waals surface area (Å²) in [5.74, 6) is 1.13. The topological polar surface area (TPSA) is 88.5 Å². The van der Waals surface area contributed by atoms with Gasteiger partial charge in [-0.1, -0.05) is 20.3 Å². The molecule has 0 aliphatic carbocycles. The van der Waals surface area contributed by atoms with E-state index in [1.807, 2.05) is 4.57 Å².